The third kappa shape index (κ3) is 5.63. The number of aromatic hydroxyl groups is 1. The molecule has 0 atom stereocenters. The van der Waals surface area contributed by atoms with Gasteiger partial charge in [0.1, 0.15) is 12.4 Å². The predicted octanol–water partition coefficient (Wildman–Crippen LogP) is 2.74. The standard InChI is InChI=1S/C22H21N3O7/c1-25(10-9-23-22(30)31-13-14-5-3-2-4-6-14)20(27)16-8-7-15(11-18(16)26)19-12-17(21(28)29)24-32-19/h2-8,11-12,26H,9-10,13H2,1H3,(H,23,30)(H,28,29). The number of aromatic carboxylic acids is 1. The second-order valence-electron chi connectivity index (χ2n) is 6.83. The number of hydrogen-bond acceptors (Lipinski definition) is 7. The van der Waals surface area contributed by atoms with E-state index in [2.05, 4.69) is 10.5 Å². The maximum atomic E-state index is 12.6. The molecule has 0 aliphatic heterocycles. The van der Waals surface area contributed by atoms with Crippen LogP contribution in [0.15, 0.2) is 59.1 Å². The molecular weight excluding hydrogens is 418 g/mol. The first-order valence-corrected chi connectivity index (χ1v) is 9.58. The zero-order valence-corrected chi connectivity index (χ0v) is 17.1. The van der Waals surface area contributed by atoms with Crippen LogP contribution in [-0.4, -0.2) is 58.4 Å². The first kappa shape index (κ1) is 22.3. The van der Waals surface area contributed by atoms with E-state index in [0.717, 1.165) is 5.56 Å². The van der Waals surface area contributed by atoms with Gasteiger partial charge in [0, 0.05) is 31.8 Å². The third-order valence-electron chi connectivity index (χ3n) is 4.52. The number of amides is 2. The molecule has 0 unspecified atom stereocenters. The molecule has 3 N–H and O–H groups in total. The molecule has 3 aromatic rings. The van der Waals surface area contributed by atoms with Crippen LogP contribution in [-0.2, 0) is 11.3 Å². The number of carboxylic acids is 1. The fourth-order valence-electron chi connectivity index (χ4n) is 2.78. The Balaban J connectivity index is 1.51. The average molecular weight is 439 g/mol. The zero-order valence-electron chi connectivity index (χ0n) is 17.1. The largest absolute Gasteiger partial charge is 0.507 e. The summed E-state index contributed by atoms with van der Waals surface area (Å²) >= 11 is 0. The Morgan fingerprint density at radius 2 is 1.88 bits per heavy atom. The normalized spacial score (nSPS) is 10.4. The van der Waals surface area contributed by atoms with E-state index in [1.165, 1.54) is 36.2 Å². The Morgan fingerprint density at radius 3 is 2.53 bits per heavy atom. The molecule has 1 aromatic heterocycles. The van der Waals surface area contributed by atoms with Crippen molar-refractivity contribution in [2.75, 3.05) is 20.1 Å². The lowest BCUT2D eigenvalue weighted by Gasteiger charge is -2.18. The molecule has 0 saturated carbocycles. The highest BCUT2D eigenvalue weighted by Crippen LogP contribution is 2.27. The highest BCUT2D eigenvalue weighted by molar-refractivity contribution is 5.97. The van der Waals surface area contributed by atoms with Gasteiger partial charge in [0.2, 0.25) is 0 Å². The summed E-state index contributed by atoms with van der Waals surface area (Å²) in [6.07, 6.45) is -0.602. The molecule has 1 heterocycles. The Labute approximate surface area is 183 Å². The monoisotopic (exact) mass is 439 g/mol. The van der Waals surface area contributed by atoms with Gasteiger partial charge in [0.25, 0.3) is 5.91 Å². The number of nitrogens with one attached hydrogen (secondary N) is 1. The molecule has 0 spiro atoms. The summed E-state index contributed by atoms with van der Waals surface area (Å²) in [6.45, 7) is 0.482. The van der Waals surface area contributed by atoms with E-state index in [1.807, 2.05) is 30.3 Å². The number of hydrogen-bond donors (Lipinski definition) is 3. The summed E-state index contributed by atoms with van der Waals surface area (Å²) in [5.41, 5.74) is 0.998. The van der Waals surface area contributed by atoms with Crippen molar-refractivity contribution in [3.63, 3.8) is 0 Å². The summed E-state index contributed by atoms with van der Waals surface area (Å²) in [5.74, 6) is -1.86. The third-order valence-corrected chi connectivity index (χ3v) is 4.52. The lowest BCUT2D eigenvalue weighted by molar-refractivity contribution is 0.0685. The van der Waals surface area contributed by atoms with E-state index in [4.69, 9.17) is 14.4 Å². The topological polar surface area (TPSA) is 142 Å². The van der Waals surface area contributed by atoms with Crippen LogP contribution in [0.2, 0.25) is 0 Å². The molecule has 10 nitrogen and oxygen atoms in total. The lowest BCUT2D eigenvalue weighted by atomic mass is 10.1. The minimum Gasteiger partial charge on any atom is -0.507 e. The Bertz CT molecular complexity index is 1110. The van der Waals surface area contributed by atoms with E-state index in [9.17, 15) is 19.5 Å². The number of aromatic nitrogens is 1. The number of carbonyl (C=O) groups is 3. The molecule has 2 aromatic carbocycles. The second kappa shape index (κ2) is 10.1. The molecule has 0 aliphatic carbocycles. The maximum absolute atomic E-state index is 12.6. The van der Waals surface area contributed by atoms with Crippen molar-refractivity contribution in [2.24, 2.45) is 0 Å². The number of ether oxygens (including phenoxy) is 1. The van der Waals surface area contributed by atoms with Crippen LogP contribution in [0.4, 0.5) is 4.79 Å². The first-order chi connectivity index (χ1) is 15.3. The Hall–Kier alpha value is -4.34. The van der Waals surface area contributed by atoms with Gasteiger partial charge in [-0.1, -0.05) is 41.6 Å². The van der Waals surface area contributed by atoms with Crippen LogP contribution in [0.3, 0.4) is 0 Å². The highest BCUT2D eigenvalue weighted by Gasteiger charge is 2.18. The van der Waals surface area contributed by atoms with Crippen LogP contribution in [0.25, 0.3) is 11.3 Å². The van der Waals surface area contributed by atoms with Gasteiger partial charge in [-0.15, -0.1) is 0 Å². The van der Waals surface area contributed by atoms with E-state index < -0.39 is 18.0 Å². The van der Waals surface area contributed by atoms with E-state index in [-0.39, 0.29) is 42.5 Å². The average Bonchev–Trinajstić information content (AvgIpc) is 3.28. The smallest absolute Gasteiger partial charge is 0.407 e. The SMILES string of the molecule is CN(CCNC(=O)OCc1ccccc1)C(=O)c1ccc(-c2cc(C(=O)O)no2)cc1O. The van der Waals surface area contributed by atoms with Gasteiger partial charge in [-0.3, -0.25) is 4.79 Å². The summed E-state index contributed by atoms with van der Waals surface area (Å²) in [5, 5.41) is 25.1. The fraction of sp³-hybridized carbons (Fsp3) is 0.182. The number of rotatable bonds is 8. The number of phenolic OH excluding ortho intramolecular Hbond substituents is 1. The molecule has 0 radical (unpaired) electrons. The van der Waals surface area contributed by atoms with Gasteiger partial charge in [-0.05, 0) is 17.7 Å². The molecule has 0 saturated heterocycles. The van der Waals surface area contributed by atoms with Crippen molar-refractivity contribution in [2.45, 2.75) is 6.61 Å². The quantitative estimate of drug-likeness (QED) is 0.486. The van der Waals surface area contributed by atoms with E-state index in [1.54, 1.807) is 0 Å². The van der Waals surface area contributed by atoms with Gasteiger partial charge >= 0.3 is 12.1 Å². The van der Waals surface area contributed by atoms with Gasteiger partial charge in [0.05, 0.1) is 5.56 Å². The lowest BCUT2D eigenvalue weighted by Crippen LogP contribution is -2.36. The number of carbonyl (C=O) groups excluding carboxylic acids is 2. The van der Waals surface area contributed by atoms with Crippen molar-refractivity contribution in [1.29, 1.82) is 0 Å². The number of likely N-dealkylation sites (N-methyl/N-ethyl adjacent to an activating group) is 1. The predicted molar refractivity (Wildman–Crippen MR) is 112 cm³/mol. The van der Waals surface area contributed by atoms with E-state index in [0.29, 0.717) is 5.56 Å². The van der Waals surface area contributed by atoms with Gasteiger partial charge in [-0.25, -0.2) is 9.59 Å². The van der Waals surface area contributed by atoms with Crippen molar-refractivity contribution < 1.29 is 33.9 Å². The van der Waals surface area contributed by atoms with Crippen molar-refractivity contribution in [1.82, 2.24) is 15.4 Å². The van der Waals surface area contributed by atoms with Crippen LogP contribution in [0.1, 0.15) is 26.4 Å². The number of nitrogens with zero attached hydrogens (tertiary/aromatic N) is 2. The maximum Gasteiger partial charge on any atom is 0.407 e. The number of alkyl carbamates (subject to hydrolysis) is 1. The molecule has 166 valence electrons. The highest BCUT2D eigenvalue weighted by atomic mass is 16.5. The van der Waals surface area contributed by atoms with Crippen molar-refractivity contribution >= 4 is 18.0 Å². The fourth-order valence-corrected chi connectivity index (χ4v) is 2.78. The first-order valence-electron chi connectivity index (χ1n) is 9.58. The molecule has 0 bridgehead atoms. The van der Waals surface area contributed by atoms with Crippen molar-refractivity contribution in [3.8, 4) is 17.1 Å². The van der Waals surface area contributed by atoms with Crippen LogP contribution < -0.4 is 5.32 Å². The Kier molecular flexibility index (Phi) is 7.06. The molecule has 10 heteroatoms. The molecule has 0 fully saturated rings. The molecule has 0 aliphatic rings. The zero-order chi connectivity index (χ0) is 23.1. The number of phenols is 1. The van der Waals surface area contributed by atoms with Crippen LogP contribution in [0, 0.1) is 0 Å². The molecule has 2 amide bonds. The molecular formula is C22H21N3O7. The van der Waals surface area contributed by atoms with Crippen LogP contribution in [0.5, 0.6) is 5.75 Å². The summed E-state index contributed by atoms with van der Waals surface area (Å²) in [4.78, 5) is 36.6. The number of benzene rings is 2. The molecule has 32 heavy (non-hydrogen) atoms. The molecule has 3 rings (SSSR count). The van der Waals surface area contributed by atoms with Gasteiger partial charge < -0.3 is 29.7 Å². The summed E-state index contributed by atoms with van der Waals surface area (Å²) in [7, 11) is 1.53. The summed E-state index contributed by atoms with van der Waals surface area (Å²) < 4.78 is 10.1. The van der Waals surface area contributed by atoms with Gasteiger partial charge in [-0.2, -0.15) is 0 Å². The minimum atomic E-state index is -1.24. The number of carboxylic acid groups (broad SMARTS) is 1. The van der Waals surface area contributed by atoms with E-state index >= 15 is 0 Å². The summed E-state index contributed by atoms with van der Waals surface area (Å²) in [6, 6.07) is 14.6. The van der Waals surface area contributed by atoms with Gasteiger partial charge in [0.15, 0.2) is 11.5 Å². The van der Waals surface area contributed by atoms with Crippen LogP contribution >= 0.6 is 0 Å². The van der Waals surface area contributed by atoms with Crippen molar-refractivity contribution in [3.05, 3.63) is 71.4 Å². The minimum absolute atomic E-state index is 0.0425. The second-order valence-corrected chi connectivity index (χ2v) is 6.83. The Morgan fingerprint density at radius 1 is 1.12 bits per heavy atom.